The molecule has 0 unspecified atom stereocenters. The van der Waals surface area contributed by atoms with Crippen molar-refractivity contribution < 1.29 is 13.2 Å². The minimum absolute atomic E-state index is 0.424. The second kappa shape index (κ2) is 4.84. The Morgan fingerprint density at radius 2 is 2.00 bits per heavy atom. The van der Waals surface area contributed by atoms with Gasteiger partial charge in [0, 0.05) is 11.6 Å². The maximum atomic E-state index is 12.0. The molecule has 0 aliphatic carbocycles. The molecule has 0 spiro atoms. The van der Waals surface area contributed by atoms with Crippen LogP contribution < -0.4 is 0 Å². The molecule has 0 aromatic carbocycles. The average Bonchev–Trinajstić information content (AvgIpc) is 2.14. The number of rotatable bonds is 3. The van der Waals surface area contributed by atoms with Gasteiger partial charge in [-0.15, -0.1) is 33.6 Å². The van der Waals surface area contributed by atoms with Crippen molar-refractivity contribution in [2.45, 2.75) is 11.2 Å². The zero-order chi connectivity index (χ0) is 10.6. The summed E-state index contributed by atoms with van der Waals surface area (Å²) >= 11 is 6.67. The van der Waals surface area contributed by atoms with E-state index in [2.05, 4.69) is 10.2 Å². The zero-order valence-electron chi connectivity index (χ0n) is 6.88. The van der Waals surface area contributed by atoms with Gasteiger partial charge in [-0.2, -0.15) is 13.2 Å². The molecule has 0 amide bonds. The van der Waals surface area contributed by atoms with Crippen LogP contribution in [0.3, 0.4) is 0 Å². The van der Waals surface area contributed by atoms with Crippen LogP contribution in [0.5, 0.6) is 0 Å². The smallest absolute Gasteiger partial charge is 0.164 e. The van der Waals surface area contributed by atoms with Crippen LogP contribution in [0.1, 0.15) is 5.69 Å². The molecule has 78 valence electrons. The van der Waals surface area contributed by atoms with Gasteiger partial charge in [0.1, 0.15) is 5.03 Å². The summed E-state index contributed by atoms with van der Waals surface area (Å²) in [5, 5.41) is 6.92. The number of hydrogen-bond acceptors (Lipinski definition) is 3. The van der Waals surface area contributed by atoms with Gasteiger partial charge in [0.05, 0.1) is 0 Å². The Kier molecular flexibility index (Phi) is 4.00. The van der Waals surface area contributed by atoms with Gasteiger partial charge in [-0.05, 0) is 12.1 Å². The van der Waals surface area contributed by atoms with Crippen LogP contribution in [0.2, 0.25) is 0 Å². The molecule has 0 aliphatic heterocycles. The summed E-state index contributed by atoms with van der Waals surface area (Å²) in [5.41, 5.74) is -0.979. The van der Waals surface area contributed by atoms with Gasteiger partial charge in [-0.3, -0.25) is 0 Å². The minimum atomic E-state index is -4.43. The SMILES string of the molecule is FC(F)(F)c1ccc(SCCCl)nn1. The van der Waals surface area contributed by atoms with Gasteiger partial charge in [-0.1, -0.05) is 0 Å². The first-order valence-electron chi connectivity index (χ1n) is 3.63. The molecule has 0 N–H and O–H groups in total. The molecular weight excluding hydrogens is 237 g/mol. The molecule has 7 heteroatoms. The summed E-state index contributed by atoms with van der Waals surface area (Å²) in [6.45, 7) is 0. The van der Waals surface area contributed by atoms with E-state index in [0.29, 0.717) is 16.7 Å². The number of thioether (sulfide) groups is 1. The van der Waals surface area contributed by atoms with Crippen molar-refractivity contribution in [1.29, 1.82) is 0 Å². The zero-order valence-corrected chi connectivity index (χ0v) is 8.46. The second-order valence-corrected chi connectivity index (χ2v) is 3.79. The lowest BCUT2D eigenvalue weighted by molar-refractivity contribution is -0.141. The van der Waals surface area contributed by atoms with Gasteiger partial charge >= 0.3 is 6.18 Å². The topological polar surface area (TPSA) is 25.8 Å². The first-order valence-corrected chi connectivity index (χ1v) is 5.16. The van der Waals surface area contributed by atoms with Crippen LogP contribution in [0, 0.1) is 0 Å². The molecule has 0 aliphatic rings. The largest absolute Gasteiger partial charge is 0.435 e. The third kappa shape index (κ3) is 3.34. The van der Waals surface area contributed by atoms with E-state index in [0.717, 1.165) is 6.07 Å². The Morgan fingerprint density at radius 1 is 1.29 bits per heavy atom. The fraction of sp³-hybridized carbons (Fsp3) is 0.429. The molecule has 0 radical (unpaired) electrons. The average molecular weight is 243 g/mol. The van der Waals surface area contributed by atoms with E-state index < -0.39 is 11.9 Å². The molecule has 0 saturated heterocycles. The first-order chi connectivity index (χ1) is 6.54. The number of halogens is 4. The van der Waals surface area contributed by atoms with Crippen LogP contribution >= 0.6 is 23.4 Å². The molecule has 0 bridgehead atoms. The Labute approximate surface area is 87.9 Å². The lowest BCUT2D eigenvalue weighted by Crippen LogP contribution is -2.08. The van der Waals surface area contributed by atoms with E-state index in [4.69, 9.17) is 11.6 Å². The number of nitrogens with zero attached hydrogens (tertiary/aromatic N) is 2. The lowest BCUT2D eigenvalue weighted by atomic mass is 10.4. The summed E-state index contributed by atoms with van der Waals surface area (Å²) in [7, 11) is 0. The highest BCUT2D eigenvalue weighted by molar-refractivity contribution is 7.99. The number of hydrogen-bond donors (Lipinski definition) is 0. The molecule has 14 heavy (non-hydrogen) atoms. The highest BCUT2D eigenvalue weighted by Gasteiger charge is 2.32. The van der Waals surface area contributed by atoms with Crippen LogP contribution in [-0.4, -0.2) is 21.8 Å². The molecule has 1 rings (SSSR count). The number of aromatic nitrogens is 2. The second-order valence-electron chi connectivity index (χ2n) is 2.29. The van der Waals surface area contributed by atoms with Crippen molar-refractivity contribution in [3.05, 3.63) is 17.8 Å². The molecule has 0 fully saturated rings. The van der Waals surface area contributed by atoms with Crippen molar-refractivity contribution in [1.82, 2.24) is 10.2 Å². The van der Waals surface area contributed by atoms with Gasteiger partial charge in [0.2, 0.25) is 0 Å². The summed E-state index contributed by atoms with van der Waals surface area (Å²) in [4.78, 5) is 0. The third-order valence-electron chi connectivity index (χ3n) is 1.26. The van der Waals surface area contributed by atoms with Crippen LogP contribution in [-0.2, 0) is 6.18 Å². The standard InChI is InChI=1S/C7H6ClF3N2S/c8-3-4-14-6-2-1-5(12-13-6)7(9,10)11/h1-2H,3-4H2. The molecule has 1 aromatic heterocycles. The Balaban J connectivity index is 2.69. The fourth-order valence-electron chi connectivity index (χ4n) is 0.691. The summed E-state index contributed by atoms with van der Waals surface area (Å²) in [6.07, 6.45) is -4.43. The quantitative estimate of drug-likeness (QED) is 0.602. The van der Waals surface area contributed by atoms with Crippen molar-refractivity contribution in [2.75, 3.05) is 11.6 Å². The lowest BCUT2D eigenvalue weighted by Gasteiger charge is -2.04. The van der Waals surface area contributed by atoms with E-state index in [1.807, 2.05) is 0 Å². The van der Waals surface area contributed by atoms with Gasteiger partial charge in [0.25, 0.3) is 0 Å². The fourth-order valence-corrected chi connectivity index (χ4v) is 1.47. The van der Waals surface area contributed by atoms with Gasteiger partial charge in [0.15, 0.2) is 5.69 Å². The number of alkyl halides is 4. The van der Waals surface area contributed by atoms with Crippen molar-refractivity contribution >= 4 is 23.4 Å². The highest BCUT2D eigenvalue weighted by atomic mass is 35.5. The summed E-state index contributed by atoms with van der Waals surface area (Å²) < 4.78 is 36.1. The van der Waals surface area contributed by atoms with Crippen LogP contribution in [0.15, 0.2) is 17.2 Å². The predicted octanol–water partition coefficient (Wildman–Crippen LogP) is 2.83. The maximum Gasteiger partial charge on any atom is 0.435 e. The van der Waals surface area contributed by atoms with Gasteiger partial charge in [-0.25, -0.2) is 0 Å². The third-order valence-corrected chi connectivity index (χ3v) is 2.59. The molecular formula is C7H6ClF3N2S. The molecule has 2 nitrogen and oxygen atoms in total. The molecule has 0 saturated carbocycles. The van der Waals surface area contributed by atoms with Crippen molar-refractivity contribution in [3.63, 3.8) is 0 Å². The maximum absolute atomic E-state index is 12.0. The highest BCUT2D eigenvalue weighted by Crippen LogP contribution is 2.27. The van der Waals surface area contributed by atoms with E-state index in [9.17, 15) is 13.2 Å². The van der Waals surface area contributed by atoms with E-state index in [-0.39, 0.29) is 0 Å². The minimum Gasteiger partial charge on any atom is -0.164 e. The van der Waals surface area contributed by atoms with E-state index in [1.54, 1.807) is 0 Å². The molecule has 1 aromatic rings. The predicted molar refractivity (Wildman–Crippen MR) is 48.5 cm³/mol. The Morgan fingerprint density at radius 3 is 2.43 bits per heavy atom. The van der Waals surface area contributed by atoms with Crippen LogP contribution in [0.25, 0.3) is 0 Å². The molecule has 0 atom stereocenters. The summed E-state index contributed by atoms with van der Waals surface area (Å²) in [5.74, 6) is 1.02. The van der Waals surface area contributed by atoms with Crippen LogP contribution in [0.4, 0.5) is 13.2 Å². The normalized spacial score (nSPS) is 11.7. The van der Waals surface area contributed by atoms with E-state index in [1.165, 1.54) is 17.8 Å². The Bertz CT molecular complexity index is 288. The first kappa shape index (κ1) is 11.6. The van der Waals surface area contributed by atoms with Gasteiger partial charge < -0.3 is 0 Å². The summed E-state index contributed by atoms with van der Waals surface area (Å²) in [6, 6.07) is 2.19. The Hall–Kier alpha value is -0.490. The van der Waals surface area contributed by atoms with Crippen molar-refractivity contribution in [2.24, 2.45) is 0 Å². The van der Waals surface area contributed by atoms with Crippen molar-refractivity contribution in [3.8, 4) is 0 Å². The molecule has 1 heterocycles. The monoisotopic (exact) mass is 242 g/mol. The van der Waals surface area contributed by atoms with E-state index >= 15 is 0 Å².